The number of pyridine rings is 1. The quantitative estimate of drug-likeness (QED) is 0.235. The van der Waals surface area contributed by atoms with Crippen molar-refractivity contribution in [2.75, 3.05) is 44.1 Å². The number of hydrogen-bond donors (Lipinski definition) is 0. The number of ether oxygens (including phenoxy) is 1. The highest BCUT2D eigenvalue weighted by Crippen LogP contribution is 2.30. The van der Waals surface area contributed by atoms with Crippen LogP contribution in [-0.2, 0) is 14.8 Å². The molecule has 0 radical (unpaired) electrons. The Morgan fingerprint density at radius 1 is 0.932 bits per heavy atom. The van der Waals surface area contributed by atoms with Crippen molar-refractivity contribution in [2.45, 2.75) is 43.0 Å². The lowest BCUT2D eigenvalue weighted by Crippen LogP contribution is -2.50. The van der Waals surface area contributed by atoms with Crippen LogP contribution in [0.1, 0.15) is 43.2 Å². The minimum absolute atomic E-state index is 0. The molecule has 9 nitrogen and oxygen atoms in total. The number of anilines is 1. The maximum Gasteiger partial charge on any atom is 0.270 e. The summed E-state index contributed by atoms with van der Waals surface area (Å²) in [7, 11) is -2.74. The van der Waals surface area contributed by atoms with E-state index in [2.05, 4.69) is 9.80 Å². The maximum atomic E-state index is 14.1. The molecule has 1 amide bonds. The largest absolute Gasteiger partial charge is 0.619 e. The fourth-order valence-corrected chi connectivity index (χ4v) is 7.21. The summed E-state index contributed by atoms with van der Waals surface area (Å²) in [6.45, 7) is 3.78. The van der Waals surface area contributed by atoms with Crippen LogP contribution in [0.5, 0.6) is 5.75 Å². The van der Waals surface area contributed by atoms with Crippen LogP contribution < -0.4 is 13.8 Å². The fraction of sp³-hybridized carbons (Fsp3) is 0.375. The van der Waals surface area contributed by atoms with Gasteiger partial charge < -0.3 is 14.8 Å². The number of carbonyl (C=O) groups is 1. The smallest absolute Gasteiger partial charge is 0.270 e. The lowest BCUT2D eigenvalue weighted by molar-refractivity contribution is -0.605. The number of piperidine rings is 2. The molecule has 0 saturated carbocycles. The number of para-hydroxylation sites is 1. The van der Waals surface area contributed by atoms with Crippen LogP contribution in [-0.4, -0.2) is 70.0 Å². The number of amides is 1. The molecule has 0 bridgehead atoms. The van der Waals surface area contributed by atoms with Crippen molar-refractivity contribution in [3.05, 3.63) is 89.4 Å². The van der Waals surface area contributed by atoms with Crippen LogP contribution in [0.3, 0.4) is 0 Å². The van der Waals surface area contributed by atoms with Gasteiger partial charge in [-0.25, -0.2) is 12.7 Å². The van der Waals surface area contributed by atoms with Crippen molar-refractivity contribution >= 4 is 58.6 Å². The third-order valence-corrected chi connectivity index (χ3v) is 9.83. The summed E-state index contributed by atoms with van der Waals surface area (Å²) in [5.74, 6) is 0.0178. The van der Waals surface area contributed by atoms with Crippen molar-refractivity contribution in [3.8, 4) is 5.75 Å². The van der Waals surface area contributed by atoms with Crippen molar-refractivity contribution < 1.29 is 22.7 Å². The van der Waals surface area contributed by atoms with Gasteiger partial charge in [0.15, 0.2) is 12.4 Å². The first-order valence-corrected chi connectivity index (χ1v) is 15.9. The second-order valence-corrected chi connectivity index (χ2v) is 12.6. The molecule has 0 atom stereocenters. The van der Waals surface area contributed by atoms with E-state index in [0.29, 0.717) is 22.1 Å². The van der Waals surface area contributed by atoms with Crippen LogP contribution in [0.25, 0.3) is 12.2 Å². The van der Waals surface area contributed by atoms with E-state index in [-0.39, 0.29) is 41.9 Å². The first kappa shape index (κ1) is 35.3. The maximum absolute atomic E-state index is 14.1. The first-order chi connectivity index (χ1) is 20.3. The van der Waals surface area contributed by atoms with E-state index in [4.69, 9.17) is 4.74 Å². The third-order valence-electron chi connectivity index (χ3n) is 8.09. The van der Waals surface area contributed by atoms with E-state index < -0.39 is 15.9 Å². The molecule has 0 spiro atoms. The highest BCUT2D eigenvalue weighted by atomic mass is 35.5. The zero-order valence-corrected chi connectivity index (χ0v) is 27.2. The average Bonchev–Trinajstić information content (AvgIpc) is 3.02. The Hall–Kier alpha value is -3.15. The Bertz CT molecular complexity index is 1490. The van der Waals surface area contributed by atoms with Gasteiger partial charge >= 0.3 is 0 Å². The number of halogens is 2. The van der Waals surface area contributed by atoms with Gasteiger partial charge in [-0.05, 0) is 80.2 Å². The second-order valence-electron chi connectivity index (χ2n) is 10.8. The lowest BCUT2D eigenvalue weighted by Gasteiger charge is -2.40. The van der Waals surface area contributed by atoms with Gasteiger partial charge in [0, 0.05) is 31.3 Å². The van der Waals surface area contributed by atoms with Gasteiger partial charge in [0.2, 0.25) is 0 Å². The molecule has 238 valence electrons. The van der Waals surface area contributed by atoms with E-state index in [9.17, 15) is 18.4 Å². The third kappa shape index (κ3) is 8.51. The van der Waals surface area contributed by atoms with Gasteiger partial charge in [-0.3, -0.25) is 9.69 Å². The minimum atomic E-state index is -4.25. The number of hydrogen-bond acceptors (Lipinski definition) is 7. The molecule has 0 N–H and O–H groups in total. The molecule has 2 fully saturated rings. The topological polar surface area (TPSA) is 97.1 Å². The summed E-state index contributed by atoms with van der Waals surface area (Å²) < 4.78 is 35.1. The van der Waals surface area contributed by atoms with Gasteiger partial charge in [-0.1, -0.05) is 36.8 Å². The van der Waals surface area contributed by atoms with Crippen LogP contribution in [0.15, 0.2) is 78.0 Å². The van der Waals surface area contributed by atoms with Crippen molar-refractivity contribution in [1.29, 1.82) is 0 Å². The molecule has 2 aliphatic rings. The lowest BCUT2D eigenvalue weighted by atomic mass is 10.00. The summed E-state index contributed by atoms with van der Waals surface area (Å²) in [5, 5.41) is 11.4. The number of likely N-dealkylation sites (tertiary alicyclic amines) is 2. The van der Waals surface area contributed by atoms with Gasteiger partial charge in [-0.2, -0.15) is 4.73 Å². The number of sulfonamides is 1. The number of aromatic nitrogens is 1. The van der Waals surface area contributed by atoms with Crippen LogP contribution in [0.4, 0.5) is 5.69 Å². The molecule has 44 heavy (non-hydrogen) atoms. The molecule has 12 heteroatoms. The Morgan fingerprint density at radius 3 is 2.20 bits per heavy atom. The highest BCUT2D eigenvalue weighted by molar-refractivity contribution is 7.93. The van der Waals surface area contributed by atoms with Crippen molar-refractivity contribution in [1.82, 2.24) is 9.80 Å². The summed E-state index contributed by atoms with van der Waals surface area (Å²) in [5.41, 5.74) is 1.60. The van der Waals surface area contributed by atoms with Gasteiger partial charge in [-0.15, -0.1) is 24.8 Å². The number of nitrogens with zero attached hydrogens (tertiary/aromatic N) is 4. The normalized spacial score (nSPS) is 16.6. The van der Waals surface area contributed by atoms with E-state index in [1.807, 2.05) is 0 Å². The molecule has 2 aliphatic heterocycles. The molecule has 0 aliphatic carbocycles. The molecule has 3 heterocycles. The van der Waals surface area contributed by atoms with Crippen LogP contribution in [0.2, 0.25) is 0 Å². The van der Waals surface area contributed by atoms with Crippen LogP contribution in [0, 0.1) is 5.21 Å². The minimum Gasteiger partial charge on any atom is -0.619 e. The summed E-state index contributed by atoms with van der Waals surface area (Å²) in [4.78, 5) is 18.7. The van der Waals surface area contributed by atoms with Gasteiger partial charge in [0.1, 0.15) is 5.75 Å². The molecule has 3 aromatic rings. The zero-order valence-electron chi connectivity index (χ0n) is 24.8. The standard InChI is InChI=1S/C32H38N4O5S.2ClH/c1-41-29-11-13-30(14-12-29)42(39,40)36(31-8-4-3-7-27(31)10-9-26-15-23-35(38)24-16-26)32(37)25-33-21-17-28(18-22-33)34-19-5-2-6-20-34;;/h3-4,7-16,23-24,28H,2,5-6,17-22,25H2,1H3;2*1H. The Labute approximate surface area is 272 Å². The van der Waals surface area contributed by atoms with E-state index in [1.165, 1.54) is 50.9 Å². The summed E-state index contributed by atoms with van der Waals surface area (Å²) in [6, 6.07) is 16.9. The van der Waals surface area contributed by atoms with Crippen LogP contribution >= 0.6 is 24.8 Å². The fourth-order valence-electron chi connectivity index (χ4n) is 5.77. The van der Waals surface area contributed by atoms with Crippen molar-refractivity contribution in [2.24, 2.45) is 0 Å². The SMILES string of the molecule is COc1ccc(S(=O)(=O)N(C(=O)CN2CCC(N3CCCCC3)CC2)c2ccccc2C=Cc2cc[n+]([O-])cc2)cc1.Cl.Cl. The highest BCUT2D eigenvalue weighted by Gasteiger charge is 2.34. The Morgan fingerprint density at radius 2 is 1.57 bits per heavy atom. The second kappa shape index (κ2) is 16.2. The predicted octanol–water partition coefficient (Wildman–Crippen LogP) is 5.01. The summed E-state index contributed by atoms with van der Waals surface area (Å²) in [6.07, 6.45) is 12.1. The predicted molar refractivity (Wildman–Crippen MR) is 178 cm³/mol. The first-order valence-electron chi connectivity index (χ1n) is 14.5. The van der Waals surface area contributed by atoms with Gasteiger partial charge in [0.05, 0.1) is 24.2 Å². The molecular formula is C32H40Cl2N4O5S. The zero-order chi connectivity index (χ0) is 29.5. The van der Waals surface area contributed by atoms with E-state index in [1.54, 1.807) is 60.7 Å². The number of carbonyl (C=O) groups excluding carboxylic acids is 1. The monoisotopic (exact) mass is 662 g/mol. The van der Waals surface area contributed by atoms with Gasteiger partial charge in [0.25, 0.3) is 15.9 Å². The molecule has 2 aromatic carbocycles. The average molecular weight is 664 g/mol. The number of rotatable bonds is 9. The molecule has 0 unspecified atom stereocenters. The molecule has 5 rings (SSSR count). The van der Waals surface area contributed by atoms with E-state index >= 15 is 0 Å². The Balaban J connectivity index is 0.00000264. The molecule has 1 aromatic heterocycles. The molecule has 2 saturated heterocycles. The number of benzene rings is 2. The van der Waals surface area contributed by atoms with Crippen molar-refractivity contribution in [3.63, 3.8) is 0 Å². The Kier molecular flexibility index (Phi) is 13.0. The van der Waals surface area contributed by atoms with E-state index in [0.717, 1.165) is 48.9 Å². The number of methoxy groups -OCH3 is 1. The summed E-state index contributed by atoms with van der Waals surface area (Å²) >= 11 is 0. The molecular weight excluding hydrogens is 623 g/mol.